The molecule has 2 fully saturated rings. The molecule has 0 bridgehead atoms. The van der Waals surface area contributed by atoms with Gasteiger partial charge >= 0.3 is 0 Å². The Labute approximate surface area is 130 Å². The first-order valence-electron chi connectivity index (χ1n) is 7.79. The van der Waals surface area contributed by atoms with Crippen LogP contribution in [-0.2, 0) is 9.53 Å². The van der Waals surface area contributed by atoms with E-state index >= 15 is 0 Å². The fraction of sp³-hybridized carbons (Fsp3) is 0.562. The maximum Gasteiger partial charge on any atom is 0.253 e. The molecule has 0 saturated carbocycles. The lowest BCUT2D eigenvalue weighted by atomic mass is 10.1. The Morgan fingerprint density at radius 3 is 2.77 bits per heavy atom. The van der Waals surface area contributed by atoms with Crippen molar-refractivity contribution in [3.63, 3.8) is 0 Å². The van der Waals surface area contributed by atoms with Crippen molar-refractivity contribution in [2.75, 3.05) is 37.7 Å². The second-order valence-electron chi connectivity index (χ2n) is 5.71. The summed E-state index contributed by atoms with van der Waals surface area (Å²) in [6, 6.07) is 5.64. The molecule has 1 aromatic heterocycles. The molecule has 1 unspecified atom stereocenters. The Hall–Kier alpha value is -2.13. The van der Waals surface area contributed by atoms with Gasteiger partial charge in [-0.05, 0) is 31.4 Å². The zero-order chi connectivity index (χ0) is 15.4. The first kappa shape index (κ1) is 14.8. The smallest absolute Gasteiger partial charge is 0.253 e. The van der Waals surface area contributed by atoms with Gasteiger partial charge in [-0.1, -0.05) is 0 Å². The lowest BCUT2D eigenvalue weighted by molar-refractivity contribution is -0.145. The highest BCUT2D eigenvalue weighted by atomic mass is 16.5. The Bertz CT molecular complexity index is 561. The number of hydrogen-bond acceptors (Lipinski definition) is 5. The van der Waals surface area contributed by atoms with Gasteiger partial charge in [-0.3, -0.25) is 4.79 Å². The van der Waals surface area contributed by atoms with Crippen molar-refractivity contribution in [3.05, 3.63) is 23.9 Å². The first-order valence-corrected chi connectivity index (χ1v) is 7.79. The van der Waals surface area contributed by atoms with Gasteiger partial charge in [0.1, 0.15) is 11.9 Å². The quantitative estimate of drug-likeness (QED) is 0.820. The standard InChI is InChI=1S/C16H20N4O2/c17-10-13-4-5-15(18-11-13)20-8-9-22-14(12-20)16(21)19-6-2-1-3-7-19/h4-5,11,14H,1-3,6-9,12H2. The number of morpholine rings is 1. The number of amides is 1. The summed E-state index contributed by atoms with van der Waals surface area (Å²) in [5, 5.41) is 8.82. The highest BCUT2D eigenvalue weighted by Crippen LogP contribution is 2.18. The average Bonchev–Trinajstić information content (AvgIpc) is 2.62. The van der Waals surface area contributed by atoms with Crippen LogP contribution >= 0.6 is 0 Å². The van der Waals surface area contributed by atoms with E-state index in [1.54, 1.807) is 12.3 Å². The molecule has 1 aromatic rings. The van der Waals surface area contributed by atoms with Crippen LogP contribution in [0.25, 0.3) is 0 Å². The minimum absolute atomic E-state index is 0.0954. The second-order valence-corrected chi connectivity index (χ2v) is 5.71. The minimum atomic E-state index is -0.413. The van der Waals surface area contributed by atoms with Gasteiger partial charge in [0.2, 0.25) is 0 Å². The fourth-order valence-corrected chi connectivity index (χ4v) is 2.96. The van der Waals surface area contributed by atoms with Crippen LogP contribution in [0.4, 0.5) is 5.82 Å². The summed E-state index contributed by atoms with van der Waals surface area (Å²) < 4.78 is 5.68. The van der Waals surface area contributed by atoms with E-state index in [1.807, 2.05) is 11.0 Å². The van der Waals surface area contributed by atoms with Crippen LogP contribution in [0.2, 0.25) is 0 Å². The molecule has 6 nitrogen and oxygen atoms in total. The molecule has 1 atom stereocenters. The van der Waals surface area contributed by atoms with E-state index in [0.29, 0.717) is 25.3 Å². The van der Waals surface area contributed by atoms with Crippen LogP contribution in [0, 0.1) is 11.3 Å². The number of aromatic nitrogens is 1. The molecular formula is C16H20N4O2. The molecule has 0 aromatic carbocycles. The molecule has 3 rings (SSSR count). The van der Waals surface area contributed by atoms with Crippen molar-refractivity contribution in [1.82, 2.24) is 9.88 Å². The van der Waals surface area contributed by atoms with Gasteiger partial charge in [0, 0.05) is 25.8 Å². The maximum absolute atomic E-state index is 12.5. The predicted molar refractivity (Wildman–Crippen MR) is 81.3 cm³/mol. The summed E-state index contributed by atoms with van der Waals surface area (Å²) >= 11 is 0. The first-order chi connectivity index (χ1) is 10.8. The van der Waals surface area contributed by atoms with Crippen molar-refractivity contribution in [3.8, 4) is 6.07 Å². The molecule has 2 aliphatic heterocycles. The van der Waals surface area contributed by atoms with Crippen molar-refractivity contribution in [2.24, 2.45) is 0 Å². The molecule has 2 saturated heterocycles. The molecule has 1 amide bonds. The predicted octanol–water partition coefficient (Wildman–Crippen LogP) is 1.17. The third-order valence-corrected chi connectivity index (χ3v) is 4.21. The van der Waals surface area contributed by atoms with Crippen LogP contribution in [0.5, 0.6) is 0 Å². The number of pyridine rings is 1. The summed E-state index contributed by atoms with van der Waals surface area (Å²) in [6.45, 7) is 3.43. The molecule has 0 aliphatic carbocycles. The molecule has 3 heterocycles. The Morgan fingerprint density at radius 2 is 2.09 bits per heavy atom. The summed E-state index contributed by atoms with van der Waals surface area (Å²) in [7, 11) is 0. The SMILES string of the molecule is N#Cc1ccc(N2CCOC(C(=O)N3CCCCC3)C2)nc1. The van der Waals surface area contributed by atoms with E-state index in [9.17, 15) is 4.79 Å². The number of rotatable bonds is 2. The van der Waals surface area contributed by atoms with Gasteiger partial charge in [0.05, 0.1) is 18.7 Å². The average molecular weight is 300 g/mol. The van der Waals surface area contributed by atoms with Crippen LogP contribution in [0.1, 0.15) is 24.8 Å². The van der Waals surface area contributed by atoms with Gasteiger partial charge in [-0.15, -0.1) is 0 Å². The Balaban J connectivity index is 1.65. The van der Waals surface area contributed by atoms with Crippen molar-refractivity contribution < 1.29 is 9.53 Å². The molecular weight excluding hydrogens is 280 g/mol. The lowest BCUT2D eigenvalue weighted by Crippen LogP contribution is -2.52. The molecule has 0 spiro atoms. The summed E-state index contributed by atoms with van der Waals surface area (Å²) in [6.07, 6.45) is 4.52. The Kier molecular flexibility index (Phi) is 4.54. The zero-order valence-corrected chi connectivity index (χ0v) is 12.6. The maximum atomic E-state index is 12.5. The highest BCUT2D eigenvalue weighted by molar-refractivity contribution is 5.82. The number of anilines is 1. The normalized spacial score (nSPS) is 22.2. The number of hydrogen-bond donors (Lipinski definition) is 0. The third kappa shape index (κ3) is 3.20. The zero-order valence-electron chi connectivity index (χ0n) is 12.6. The molecule has 22 heavy (non-hydrogen) atoms. The number of ether oxygens (including phenoxy) is 1. The number of carbonyl (C=O) groups is 1. The summed E-state index contributed by atoms with van der Waals surface area (Å²) in [5.74, 6) is 0.886. The van der Waals surface area contributed by atoms with E-state index in [-0.39, 0.29) is 5.91 Å². The van der Waals surface area contributed by atoms with Crippen LogP contribution < -0.4 is 4.90 Å². The van der Waals surface area contributed by atoms with Crippen molar-refractivity contribution in [1.29, 1.82) is 5.26 Å². The third-order valence-electron chi connectivity index (χ3n) is 4.21. The van der Waals surface area contributed by atoms with Crippen LogP contribution in [-0.4, -0.2) is 54.7 Å². The number of nitriles is 1. The molecule has 6 heteroatoms. The van der Waals surface area contributed by atoms with Gasteiger partial charge in [-0.2, -0.15) is 5.26 Å². The number of likely N-dealkylation sites (tertiary alicyclic amines) is 1. The van der Waals surface area contributed by atoms with E-state index in [1.165, 1.54) is 6.42 Å². The summed E-state index contributed by atoms with van der Waals surface area (Å²) in [5.41, 5.74) is 0.540. The van der Waals surface area contributed by atoms with Crippen LogP contribution in [0.15, 0.2) is 18.3 Å². The van der Waals surface area contributed by atoms with E-state index in [0.717, 1.165) is 31.7 Å². The largest absolute Gasteiger partial charge is 0.365 e. The van der Waals surface area contributed by atoms with Crippen molar-refractivity contribution in [2.45, 2.75) is 25.4 Å². The topological polar surface area (TPSA) is 69.5 Å². The minimum Gasteiger partial charge on any atom is -0.365 e. The van der Waals surface area contributed by atoms with Crippen molar-refractivity contribution >= 4 is 11.7 Å². The second kappa shape index (κ2) is 6.75. The van der Waals surface area contributed by atoms with Crippen LogP contribution in [0.3, 0.4) is 0 Å². The van der Waals surface area contributed by atoms with E-state index in [4.69, 9.17) is 10.00 Å². The molecule has 116 valence electrons. The van der Waals surface area contributed by atoms with E-state index in [2.05, 4.69) is 16.0 Å². The van der Waals surface area contributed by atoms with E-state index < -0.39 is 6.10 Å². The lowest BCUT2D eigenvalue weighted by Gasteiger charge is -2.36. The number of piperidine rings is 1. The van der Waals surface area contributed by atoms with Gasteiger partial charge in [-0.25, -0.2) is 4.98 Å². The molecule has 0 radical (unpaired) electrons. The Morgan fingerprint density at radius 1 is 1.27 bits per heavy atom. The monoisotopic (exact) mass is 300 g/mol. The summed E-state index contributed by atoms with van der Waals surface area (Å²) in [4.78, 5) is 20.8. The highest BCUT2D eigenvalue weighted by Gasteiger charge is 2.31. The fourth-order valence-electron chi connectivity index (χ4n) is 2.96. The molecule has 0 N–H and O–H groups in total. The van der Waals surface area contributed by atoms with Gasteiger partial charge < -0.3 is 14.5 Å². The van der Waals surface area contributed by atoms with Gasteiger partial charge in [0.15, 0.2) is 6.10 Å². The molecule has 2 aliphatic rings. The number of carbonyl (C=O) groups excluding carboxylic acids is 1. The number of nitrogens with zero attached hydrogens (tertiary/aromatic N) is 4. The van der Waals surface area contributed by atoms with Gasteiger partial charge in [0.25, 0.3) is 5.91 Å².